The Labute approximate surface area is 181 Å². The molecule has 0 bridgehead atoms. The van der Waals surface area contributed by atoms with Gasteiger partial charge in [0.2, 0.25) is 0 Å². The molecule has 2 heterocycles. The topological polar surface area (TPSA) is 169 Å². The van der Waals surface area contributed by atoms with Crippen LogP contribution in [0, 0.1) is 6.92 Å². The average Bonchev–Trinajstić information content (AvgIpc) is 2.65. The summed E-state index contributed by atoms with van der Waals surface area (Å²) in [6, 6.07) is 0. The van der Waals surface area contributed by atoms with E-state index in [9.17, 15) is 28.8 Å². The monoisotopic (exact) mass is 456 g/mol. The SMILES string of the molecule is CC(=O)OC[C@@H]1O[C@H](n2cc(C)c(=O)[nH]c2=O)[C@H](OC(C)=O)[C@H](OC(C)=O)[C@@H]1OC(C)=O. The molecule has 0 saturated carbocycles. The number of rotatable bonds is 6. The summed E-state index contributed by atoms with van der Waals surface area (Å²) in [5.74, 6) is -3.06. The molecule has 1 aliphatic heterocycles. The van der Waals surface area contributed by atoms with Gasteiger partial charge < -0.3 is 23.7 Å². The summed E-state index contributed by atoms with van der Waals surface area (Å²) in [5, 5.41) is 0. The van der Waals surface area contributed by atoms with Gasteiger partial charge in [-0.1, -0.05) is 0 Å². The highest BCUT2D eigenvalue weighted by Crippen LogP contribution is 2.34. The maximum absolute atomic E-state index is 12.5. The van der Waals surface area contributed by atoms with Gasteiger partial charge in [-0.2, -0.15) is 0 Å². The quantitative estimate of drug-likeness (QED) is 0.416. The number of aromatic nitrogens is 2. The van der Waals surface area contributed by atoms with Crippen LogP contribution in [-0.2, 0) is 42.9 Å². The molecule has 1 aromatic rings. The van der Waals surface area contributed by atoms with E-state index in [4.69, 9.17) is 23.7 Å². The summed E-state index contributed by atoms with van der Waals surface area (Å²) < 4.78 is 27.6. The van der Waals surface area contributed by atoms with Gasteiger partial charge in [0.15, 0.2) is 24.5 Å². The van der Waals surface area contributed by atoms with Gasteiger partial charge in [0, 0.05) is 39.5 Å². The average molecular weight is 456 g/mol. The fraction of sp³-hybridized carbons (Fsp3) is 0.579. The van der Waals surface area contributed by atoms with E-state index in [2.05, 4.69) is 4.98 Å². The minimum absolute atomic E-state index is 0.137. The molecule has 0 spiro atoms. The van der Waals surface area contributed by atoms with Gasteiger partial charge in [0.05, 0.1) is 0 Å². The van der Waals surface area contributed by atoms with Gasteiger partial charge >= 0.3 is 29.6 Å². The first-order valence-corrected chi connectivity index (χ1v) is 9.53. The Bertz CT molecular complexity index is 1010. The molecule has 2 rings (SSSR count). The molecule has 1 aliphatic rings. The summed E-state index contributed by atoms with van der Waals surface area (Å²) in [6.07, 6.45) is -5.73. The van der Waals surface area contributed by atoms with Crippen LogP contribution in [0.1, 0.15) is 39.5 Å². The first kappa shape index (κ1) is 24.8. The number of ether oxygens (including phenoxy) is 5. The van der Waals surface area contributed by atoms with E-state index in [0.29, 0.717) is 0 Å². The summed E-state index contributed by atoms with van der Waals surface area (Å²) in [4.78, 5) is 73.0. The number of carbonyl (C=O) groups is 4. The van der Waals surface area contributed by atoms with Crippen molar-refractivity contribution in [2.24, 2.45) is 0 Å². The van der Waals surface area contributed by atoms with E-state index in [1.165, 1.54) is 13.1 Å². The number of H-pyrrole nitrogens is 1. The molecule has 176 valence electrons. The van der Waals surface area contributed by atoms with Crippen molar-refractivity contribution in [2.45, 2.75) is 65.3 Å². The highest BCUT2D eigenvalue weighted by Gasteiger charge is 2.53. The van der Waals surface area contributed by atoms with Gasteiger partial charge in [0.25, 0.3) is 5.56 Å². The zero-order chi connectivity index (χ0) is 24.2. The molecule has 0 aliphatic carbocycles. The van der Waals surface area contributed by atoms with Crippen LogP contribution in [-0.4, -0.2) is 64.5 Å². The fourth-order valence-corrected chi connectivity index (χ4v) is 3.20. The Morgan fingerprint density at radius 3 is 1.97 bits per heavy atom. The number of aryl methyl sites for hydroxylation is 1. The minimum atomic E-state index is -1.46. The van der Waals surface area contributed by atoms with Gasteiger partial charge in [-0.3, -0.25) is 33.5 Å². The van der Waals surface area contributed by atoms with Crippen LogP contribution in [0.2, 0.25) is 0 Å². The van der Waals surface area contributed by atoms with E-state index in [-0.39, 0.29) is 5.56 Å². The second kappa shape index (κ2) is 10.2. The molecule has 5 atom stereocenters. The number of hydrogen-bond donors (Lipinski definition) is 1. The van der Waals surface area contributed by atoms with Crippen LogP contribution in [0.4, 0.5) is 0 Å². The number of hydrogen-bond acceptors (Lipinski definition) is 11. The summed E-state index contributed by atoms with van der Waals surface area (Å²) in [6.45, 7) is 5.39. The predicted molar refractivity (Wildman–Crippen MR) is 103 cm³/mol. The molecule has 32 heavy (non-hydrogen) atoms. The Balaban J connectivity index is 2.65. The van der Waals surface area contributed by atoms with Crippen molar-refractivity contribution in [3.63, 3.8) is 0 Å². The molecule has 0 amide bonds. The first-order valence-electron chi connectivity index (χ1n) is 9.53. The molecule has 1 aromatic heterocycles. The van der Waals surface area contributed by atoms with E-state index in [1.54, 1.807) is 0 Å². The maximum Gasteiger partial charge on any atom is 0.330 e. The zero-order valence-corrected chi connectivity index (χ0v) is 18.1. The first-order chi connectivity index (χ1) is 14.9. The van der Waals surface area contributed by atoms with Crippen LogP contribution < -0.4 is 11.2 Å². The van der Waals surface area contributed by atoms with Gasteiger partial charge in [0.1, 0.15) is 12.7 Å². The second-order valence-corrected chi connectivity index (χ2v) is 7.07. The smallest absolute Gasteiger partial charge is 0.330 e. The number of aromatic amines is 1. The lowest BCUT2D eigenvalue weighted by Crippen LogP contribution is -2.61. The third-order valence-electron chi connectivity index (χ3n) is 4.39. The van der Waals surface area contributed by atoms with Crippen molar-refractivity contribution in [1.29, 1.82) is 0 Å². The Morgan fingerprint density at radius 1 is 0.906 bits per heavy atom. The Morgan fingerprint density at radius 2 is 1.44 bits per heavy atom. The van der Waals surface area contributed by atoms with Crippen LogP contribution in [0.5, 0.6) is 0 Å². The van der Waals surface area contributed by atoms with Gasteiger partial charge in [-0.05, 0) is 6.92 Å². The fourth-order valence-electron chi connectivity index (χ4n) is 3.20. The van der Waals surface area contributed by atoms with Crippen LogP contribution in [0.25, 0.3) is 0 Å². The molecule has 0 aromatic carbocycles. The normalized spacial score (nSPS) is 24.8. The van der Waals surface area contributed by atoms with Gasteiger partial charge in [-0.15, -0.1) is 0 Å². The Kier molecular flexibility index (Phi) is 7.92. The zero-order valence-electron chi connectivity index (χ0n) is 18.1. The van der Waals surface area contributed by atoms with Gasteiger partial charge in [-0.25, -0.2) is 4.79 Å². The third kappa shape index (κ3) is 6.03. The van der Waals surface area contributed by atoms with E-state index < -0.39 is 72.4 Å². The lowest BCUT2D eigenvalue weighted by atomic mass is 9.97. The molecule has 1 N–H and O–H groups in total. The van der Waals surface area contributed by atoms with Crippen molar-refractivity contribution in [2.75, 3.05) is 6.61 Å². The number of esters is 4. The van der Waals surface area contributed by atoms with Crippen LogP contribution >= 0.6 is 0 Å². The number of carbonyl (C=O) groups excluding carboxylic acids is 4. The van der Waals surface area contributed by atoms with E-state index in [0.717, 1.165) is 32.3 Å². The molecule has 13 nitrogen and oxygen atoms in total. The van der Waals surface area contributed by atoms with Crippen LogP contribution in [0.3, 0.4) is 0 Å². The van der Waals surface area contributed by atoms with E-state index >= 15 is 0 Å². The lowest BCUT2D eigenvalue weighted by Gasteiger charge is -2.44. The largest absolute Gasteiger partial charge is 0.463 e. The standard InChI is InChI=1S/C19H24N2O11/c1-8-6-21(19(27)20-17(8)26)18-16(31-12(5)25)15(30-11(4)24)14(29-10(3)23)13(32-18)7-28-9(2)22/h6,13-16,18H,7H2,1-5H3,(H,20,26,27)/t13-,14+,15+,16+,18-/m0/s1. The molecular formula is C19H24N2O11. The molecule has 1 saturated heterocycles. The summed E-state index contributed by atoms with van der Waals surface area (Å²) >= 11 is 0. The van der Waals surface area contributed by atoms with Crippen molar-refractivity contribution >= 4 is 23.9 Å². The minimum Gasteiger partial charge on any atom is -0.463 e. The third-order valence-corrected chi connectivity index (χ3v) is 4.39. The van der Waals surface area contributed by atoms with Crippen LogP contribution in [0.15, 0.2) is 15.8 Å². The van der Waals surface area contributed by atoms with Crippen molar-refractivity contribution in [3.05, 3.63) is 32.6 Å². The predicted octanol–water partition coefficient (Wildman–Crippen LogP) is -0.899. The van der Waals surface area contributed by atoms with Crippen molar-refractivity contribution < 1.29 is 42.9 Å². The summed E-state index contributed by atoms with van der Waals surface area (Å²) in [7, 11) is 0. The lowest BCUT2D eigenvalue weighted by molar-refractivity contribution is -0.269. The highest BCUT2D eigenvalue weighted by molar-refractivity contribution is 5.68. The number of nitrogens with one attached hydrogen (secondary N) is 1. The molecular weight excluding hydrogens is 432 g/mol. The Hall–Kier alpha value is -3.48. The molecule has 0 unspecified atom stereocenters. The highest BCUT2D eigenvalue weighted by atomic mass is 16.7. The van der Waals surface area contributed by atoms with Crippen molar-refractivity contribution in [3.8, 4) is 0 Å². The maximum atomic E-state index is 12.5. The van der Waals surface area contributed by atoms with Crippen molar-refractivity contribution in [1.82, 2.24) is 9.55 Å². The summed E-state index contributed by atoms with van der Waals surface area (Å²) in [5.41, 5.74) is -1.41. The molecule has 13 heteroatoms. The van der Waals surface area contributed by atoms with E-state index in [1.807, 2.05) is 0 Å². The second-order valence-electron chi connectivity index (χ2n) is 7.07. The molecule has 0 radical (unpaired) electrons. The number of nitrogens with zero attached hydrogens (tertiary/aromatic N) is 1. The molecule has 1 fully saturated rings.